The zero-order chi connectivity index (χ0) is 9.53. The van der Waals surface area contributed by atoms with Crippen LogP contribution in [0.2, 0.25) is 0 Å². The monoisotopic (exact) mass is 182 g/mol. The molecule has 3 aliphatic rings. The zero-order valence-corrected chi connectivity index (χ0v) is 8.42. The Hall–Kier alpha value is -0.340. The molecule has 1 saturated carbocycles. The van der Waals surface area contributed by atoms with Crippen molar-refractivity contribution in [2.24, 2.45) is 11.3 Å². The van der Waals surface area contributed by atoms with E-state index < -0.39 is 0 Å². The van der Waals surface area contributed by atoms with Crippen LogP contribution in [-0.2, 0) is 4.74 Å². The number of aliphatic hydroxyl groups excluding tert-OH is 1. The second-order valence-electron chi connectivity index (χ2n) is 4.67. The second kappa shape index (κ2) is 2.82. The Kier molecular flexibility index (Phi) is 2.00. The van der Waals surface area contributed by atoms with E-state index in [2.05, 4.69) is 19.1 Å². The van der Waals surface area contributed by atoms with E-state index in [9.17, 15) is 5.11 Å². The minimum atomic E-state index is -0.198. The van der Waals surface area contributed by atoms with Gasteiger partial charge in [-0.15, -0.1) is 0 Å². The Bertz CT molecular complexity index is 236. The molecule has 3 aliphatic carbocycles. The van der Waals surface area contributed by atoms with E-state index in [1.54, 1.807) is 7.11 Å². The molecule has 0 radical (unpaired) electrons. The molecule has 2 bridgehead atoms. The summed E-state index contributed by atoms with van der Waals surface area (Å²) in [4.78, 5) is 0. The number of hydrogen-bond acceptors (Lipinski definition) is 2. The van der Waals surface area contributed by atoms with Gasteiger partial charge < -0.3 is 9.84 Å². The van der Waals surface area contributed by atoms with Gasteiger partial charge in [-0.3, -0.25) is 0 Å². The summed E-state index contributed by atoms with van der Waals surface area (Å²) in [7, 11) is 1.75. The summed E-state index contributed by atoms with van der Waals surface area (Å²) >= 11 is 0. The van der Waals surface area contributed by atoms with Crippen LogP contribution in [0.15, 0.2) is 12.2 Å². The molecule has 0 spiro atoms. The third kappa shape index (κ3) is 1.09. The molecule has 2 nitrogen and oxygen atoms in total. The molecule has 3 rings (SSSR count). The van der Waals surface area contributed by atoms with Gasteiger partial charge in [0.25, 0.3) is 0 Å². The summed E-state index contributed by atoms with van der Waals surface area (Å²) in [6, 6.07) is 0. The SMILES string of the molecule is COC12C=CC(CC1)CC2(C)CO. The number of allylic oxidation sites excluding steroid dienone is 1. The molecule has 1 fully saturated rings. The highest BCUT2D eigenvalue weighted by Crippen LogP contribution is 2.52. The number of aliphatic hydroxyl groups is 1. The molecule has 74 valence electrons. The van der Waals surface area contributed by atoms with E-state index in [1.165, 1.54) is 6.42 Å². The molecule has 3 atom stereocenters. The van der Waals surface area contributed by atoms with Crippen LogP contribution >= 0.6 is 0 Å². The lowest BCUT2D eigenvalue weighted by Gasteiger charge is -2.53. The zero-order valence-electron chi connectivity index (χ0n) is 8.42. The Balaban J connectivity index is 2.37. The van der Waals surface area contributed by atoms with Gasteiger partial charge in [-0.05, 0) is 25.2 Å². The fraction of sp³-hybridized carbons (Fsp3) is 0.818. The predicted molar refractivity (Wildman–Crippen MR) is 51.4 cm³/mol. The lowest BCUT2D eigenvalue weighted by Crippen LogP contribution is -2.55. The Morgan fingerprint density at radius 1 is 1.62 bits per heavy atom. The van der Waals surface area contributed by atoms with Crippen molar-refractivity contribution < 1.29 is 9.84 Å². The smallest absolute Gasteiger partial charge is 0.0934 e. The van der Waals surface area contributed by atoms with Crippen LogP contribution in [0, 0.1) is 11.3 Å². The van der Waals surface area contributed by atoms with E-state index in [4.69, 9.17) is 4.74 Å². The molecule has 3 unspecified atom stereocenters. The van der Waals surface area contributed by atoms with Gasteiger partial charge in [0.2, 0.25) is 0 Å². The lowest BCUT2D eigenvalue weighted by atomic mass is 9.57. The first kappa shape index (κ1) is 9.22. The maximum atomic E-state index is 9.45. The van der Waals surface area contributed by atoms with Gasteiger partial charge in [0.15, 0.2) is 0 Å². The Morgan fingerprint density at radius 2 is 2.38 bits per heavy atom. The molecule has 0 amide bonds. The summed E-state index contributed by atoms with van der Waals surface area (Å²) in [5.74, 6) is 0.661. The quantitative estimate of drug-likeness (QED) is 0.659. The summed E-state index contributed by atoms with van der Waals surface area (Å²) in [5, 5.41) is 9.45. The fourth-order valence-corrected chi connectivity index (χ4v) is 2.91. The molecule has 0 aromatic carbocycles. The average Bonchev–Trinajstić information content (AvgIpc) is 2.19. The van der Waals surface area contributed by atoms with Crippen LogP contribution in [0.4, 0.5) is 0 Å². The van der Waals surface area contributed by atoms with Crippen LogP contribution in [-0.4, -0.2) is 24.4 Å². The molecule has 0 heterocycles. The van der Waals surface area contributed by atoms with Crippen molar-refractivity contribution in [3.63, 3.8) is 0 Å². The standard InChI is InChI=1S/C11H18O2/c1-10(8-12)7-9-3-5-11(10,13-2)6-4-9/h3,5,9,12H,4,6-8H2,1-2H3. The van der Waals surface area contributed by atoms with Crippen molar-refractivity contribution in [1.82, 2.24) is 0 Å². The highest BCUT2D eigenvalue weighted by molar-refractivity contribution is 5.21. The third-order valence-electron chi connectivity index (χ3n) is 3.97. The third-order valence-corrected chi connectivity index (χ3v) is 3.97. The van der Waals surface area contributed by atoms with Gasteiger partial charge in [0.05, 0.1) is 12.2 Å². The van der Waals surface area contributed by atoms with Gasteiger partial charge in [-0.25, -0.2) is 0 Å². The molecule has 2 heteroatoms. The maximum Gasteiger partial charge on any atom is 0.0934 e. The summed E-state index contributed by atoms with van der Waals surface area (Å²) < 4.78 is 5.63. The topological polar surface area (TPSA) is 29.5 Å². The first-order chi connectivity index (χ1) is 6.16. The van der Waals surface area contributed by atoms with Crippen LogP contribution in [0.3, 0.4) is 0 Å². The Morgan fingerprint density at radius 3 is 2.77 bits per heavy atom. The van der Waals surface area contributed by atoms with Crippen molar-refractivity contribution in [3.8, 4) is 0 Å². The lowest BCUT2D eigenvalue weighted by molar-refractivity contribution is -0.133. The molecule has 0 aliphatic heterocycles. The second-order valence-corrected chi connectivity index (χ2v) is 4.67. The maximum absolute atomic E-state index is 9.45. The summed E-state index contributed by atoms with van der Waals surface area (Å²) in [6.45, 7) is 2.36. The largest absolute Gasteiger partial charge is 0.396 e. The summed E-state index contributed by atoms with van der Waals surface area (Å²) in [6.07, 6.45) is 7.75. The van der Waals surface area contributed by atoms with E-state index in [-0.39, 0.29) is 17.6 Å². The van der Waals surface area contributed by atoms with Crippen molar-refractivity contribution in [1.29, 1.82) is 0 Å². The van der Waals surface area contributed by atoms with Crippen LogP contribution in [0.25, 0.3) is 0 Å². The molecule has 0 aromatic heterocycles. The molecule has 13 heavy (non-hydrogen) atoms. The molecule has 0 saturated heterocycles. The van der Waals surface area contributed by atoms with Gasteiger partial charge in [-0.2, -0.15) is 0 Å². The number of rotatable bonds is 2. The first-order valence-corrected chi connectivity index (χ1v) is 5.01. The highest BCUT2D eigenvalue weighted by atomic mass is 16.5. The van der Waals surface area contributed by atoms with Gasteiger partial charge >= 0.3 is 0 Å². The van der Waals surface area contributed by atoms with Gasteiger partial charge in [-0.1, -0.05) is 19.1 Å². The van der Waals surface area contributed by atoms with Crippen molar-refractivity contribution in [2.75, 3.05) is 13.7 Å². The van der Waals surface area contributed by atoms with E-state index in [1.807, 2.05) is 0 Å². The van der Waals surface area contributed by atoms with E-state index in [0.29, 0.717) is 5.92 Å². The Labute approximate surface area is 79.6 Å². The van der Waals surface area contributed by atoms with E-state index >= 15 is 0 Å². The summed E-state index contributed by atoms with van der Waals surface area (Å²) in [5.41, 5.74) is -0.268. The molecular weight excluding hydrogens is 164 g/mol. The van der Waals surface area contributed by atoms with Crippen molar-refractivity contribution >= 4 is 0 Å². The van der Waals surface area contributed by atoms with Crippen LogP contribution < -0.4 is 0 Å². The average molecular weight is 182 g/mol. The number of ether oxygens (including phenoxy) is 1. The first-order valence-electron chi connectivity index (χ1n) is 5.01. The number of methoxy groups -OCH3 is 1. The van der Waals surface area contributed by atoms with Crippen molar-refractivity contribution in [3.05, 3.63) is 12.2 Å². The van der Waals surface area contributed by atoms with Gasteiger partial charge in [0.1, 0.15) is 0 Å². The van der Waals surface area contributed by atoms with Crippen LogP contribution in [0.1, 0.15) is 26.2 Å². The van der Waals surface area contributed by atoms with Gasteiger partial charge in [0, 0.05) is 12.5 Å². The number of fused-ring (bicyclic) bond motifs is 2. The number of hydrogen-bond donors (Lipinski definition) is 1. The highest BCUT2D eigenvalue weighted by Gasteiger charge is 2.52. The molecular formula is C11H18O2. The molecule has 0 aromatic rings. The predicted octanol–water partition coefficient (Wildman–Crippen LogP) is 1.74. The fourth-order valence-electron chi connectivity index (χ4n) is 2.91. The minimum Gasteiger partial charge on any atom is -0.396 e. The molecule has 1 N–H and O–H groups in total. The van der Waals surface area contributed by atoms with Crippen molar-refractivity contribution in [2.45, 2.75) is 31.8 Å². The minimum absolute atomic E-state index is 0.0700. The van der Waals surface area contributed by atoms with E-state index in [0.717, 1.165) is 12.8 Å². The van der Waals surface area contributed by atoms with Crippen LogP contribution in [0.5, 0.6) is 0 Å². The normalized spacial score (nSPS) is 48.4.